The molecule has 298 valence electrons. The third-order valence-corrected chi connectivity index (χ3v) is 15.7. The van der Waals surface area contributed by atoms with Crippen LogP contribution in [0.1, 0.15) is 30.5 Å². The van der Waals surface area contributed by atoms with E-state index in [9.17, 15) is 0 Å². The average Bonchev–Trinajstić information content (AvgIpc) is 3.66. The van der Waals surface area contributed by atoms with Gasteiger partial charge in [-0.15, -0.1) is 11.3 Å². The van der Waals surface area contributed by atoms with Crippen molar-refractivity contribution < 1.29 is 13.2 Å². The summed E-state index contributed by atoms with van der Waals surface area (Å²) >= 11 is 3.52. The number of hydrogen-bond donors (Lipinski definition) is 0. The number of para-hydroxylation sites is 1. The lowest BCUT2D eigenvalue weighted by Gasteiger charge is -2.51. The molecule has 62 heavy (non-hydrogen) atoms. The summed E-state index contributed by atoms with van der Waals surface area (Å²) in [4.78, 5) is 6.65. The van der Waals surface area contributed by atoms with Crippen molar-refractivity contribution in [2.75, 3.05) is 9.80 Å². The van der Waals surface area contributed by atoms with Gasteiger partial charge in [-0.2, -0.15) is 13.2 Å². The van der Waals surface area contributed by atoms with Crippen LogP contribution in [0.2, 0.25) is 0 Å². The first kappa shape index (κ1) is 37.6. The van der Waals surface area contributed by atoms with Gasteiger partial charge in [-0.05, 0) is 103 Å². The second-order valence-electron chi connectivity index (χ2n) is 17.0. The fourth-order valence-electron chi connectivity index (χ4n) is 10.8. The number of thiophene rings is 1. The van der Waals surface area contributed by atoms with Gasteiger partial charge in [0.2, 0.25) is 6.71 Å². The Labute approximate surface area is 367 Å². The van der Waals surface area contributed by atoms with Gasteiger partial charge >= 0.3 is 6.18 Å². The lowest BCUT2D eigenvalue weighted by atomic mass is 9.29. The number of alkyl halides is 3. The van der Waals surface area contributed by atoms with E-state index >= 15 is 13.2 Å². The molecule has 0 unspecified atom stereocenters. The summed E-state index contributed by atoms with van der Waals surface area (Å²) in [7, 11) is 0. The molecule has 12 rings (SSSR count). The van der Waals surface area contributed by atoms with Crippen molar-refractivity contribution in [3.05, 3.63) is 180 Å². The SMILES string of the molecule is C=C/C(C)=C\C1=C(C)N(c2ccccc2C(F)(F)F)c2c3c4c5c(c2-c2cccc6sc7ccccc7c26)Sc2ccccc2B5c2cc(C)ccc2N4c2ccc(C)cc2B13. The van der Waals surface area contributed by atoms with E-state index in [-0.39, 0.29) is 19.1 Å². The molecule has 0 fully saturated rings. The van der Waals surface area contributed by atoms with E-state index in [2.05, 4.69) is 135 Å². The van der Waals surface area contributed by atoms with Gasteiger partial charge in [0.1, 0.15) is 0 Å². The standard InChI is InChI=1S/C53H37B2F3N2S2/c1-6-29(2)26-37-32(5)59(40-18-10-8-16-35(40)53(56,57)58)50-47(34-15-13-21-45-46(34)33-14-7-11-19-43(33)61-45)52-49-51-48(50)55(37)39-28-31(4)23-25-42(39)60(51)41-24-22-30(3)27-38(41)54(49)36-17-9-12-20-44(36)62-52/h6-28H,1H2,2-5H3/b29-26-. The topological polar surface area (TPSA) is 6.48 Å². The Bertz CT molecular complexity index is 3380. The van der Waals surface area contributed by atoms with Crippen LogP contribution >= 0.6 is 23.1 Å². The molecule has 0 spiro atoms. The zero-order chi connectivity index (χ0) is 42.3. The highest BCUT2D eigenvalue weighted by Crippen LogP contribution is 2.56. The van der Waals surface area contributed by atoms with Crippen molar-refractivity contribution in [1.82, 2.24) is 0 Å². The number of benzene rings is 7. The molecule has 0 saturated heterocycles. The number of aryl methyl sites for hydroxylation is 2. The van der Waals surface area contributed by atoms with Crippen LogP contribution in [-0.4, -0.2) is 13.4 Å². The zero-order valence-electron chi connectivity index (χ0n) is 34.5. The molecular weight excluding hydrogens is 807 g/mol. The van der Waals surface area contributed by atoms with Crippen LogP contribution in [0.25, 0.3) is 31.3 Å². The number of anilines is 5. The molecule has 0 atom stereocenters. The number of halogens is 3. The van der Waals surface area contributed by atoms with E-state index in [0.29, 0.717) is 0 Å². The first-order valence-corrected chi connectivity index (χ1v) is 22.6. The maximum Gasteiger partial charge on any atom is 0.418 e. The Balaban J connectivity index is 1.36. The molecule has 8 aromatic rings. The predicted molar refractivity (Wildman–Crippen MR) is 259 cm³/mol. The predicted octanol–water partition coefficient (Wildman–Crippen LogP) is 12.1. The van der Waals surface area contributed by atoms with Crippen molar-refractivity contribution in [2.45, 2.75) is 43.7 Å². The lowest BCUT2D eigenvalue weighted by molar-refractivity contribution is -0.137. The second kappa shape index (κ2) is 13.4. The fourth-order valence-corrected chi connectivity index (χ4v) is 13.2. The quantitative estimate of drug-likeness (QED) is 0.129. The Morgan fingerprint density at radius 3 is 2.10 bits per heavy atom. The Hall–Kier alpha value is -6.15. The molecule has 0 aliphatic carbocycles. The highest BCUT2D eigenvalue weighted by atomic mass is 32.2. The van der Waals surface area contributed by atoms with Crippen LogP contribution in [0.4, 0.5) is 41.6 Å². The lowest BCUT2D eigenvalue weighted by Crippen LogP contribution is -2.66. The number of hydrogen-bond acceptors (Lipinski definition) is 4. The highest BCUT2D eigenvalue weighted by Gasteiger charge is 2.52. The minimum absolute atomic E-state index is 0.108. The van der Waals surface area contributed by atoms with E-state index in [0.717, 1.165) is 92.4 Å². The first-order valence-electron chi connectivity index (χ1n) is 20.9. The van der Waals surface area contributed by atoms with Crippen LogP contribution in [0.5, 0.6) is 0 Å². The van der Waals surface area contributed by atoms with Gasteiger partial charge in [-0.1, -0.05) is 138 Å². The van der Waals surface area contributed by atoms with Crippen LogP contribution in [-0.2, 0) is 6.18 Å². The summed E-state index contributed by atoms with van der Waals surface area (Å²) in [5.74, 6) is 0. The maximum atomic E-state index is 15.6. The van der Waals surface area contributed by atoms with Gasteiger partial charge in [0.25, 0.3) is 6.71 Å². The molecule has 5 heterocycles. The third-order valence-electron chi connectivity index (χ3n) is 13.3. The minimum Gasteiger partial charge on any atom is -0.314 e. The van der Waals surface area contributed by atoms with Gasteiger partial charge in [-0.25, -0.2) is 0 Å². The molecule has 2 nitrogen and oxygen atoms in total. The average molecular weight is 845 g/mol. The molecule has 7 aromatic carbocycles. The Morgan fingerprint density at radius 1 is 0.661 bits per heavy atom. The number of fused-ring (bicyclic) bond motifs is 11. The molecule has 0 bridgehead atoms. The maximum absolute atomic E-state index is 15.6. The van der Waals surface area contributed by atoms with E-state index in [4.69, 9.17) is 0 Å². The second-order valence-corrected chi connectivity index (χ2v) is 19.1. The number of rotatable bonds is 4. The van der Waals surface area contributed by atoms with Crippen LogP contribution in [0.3, 0.4) is 0 Å². The van der Waals surface area contributed by atoms with E-state index in [1.165, 1.54) is 38.8 Å². The molecule has 0 amide bonds. The van der Waals surface area contributed by atoms with Crippen molar-refractivity contribution in [2.24, 2.45) is 0 Å². The first-order chi connectivity index (χ1) is 30.0. The van der Waals surface area contributed by atoms with Crippen LogP contribution in [0.15, 0.2) is 173 Å². The van der Waals surface area contributed by atoms with Gasteiger partial charge < -0.3 is 9.80 Å². The summed E-state index contributed by atoms with van der Waals surface area (Å²) < 4.78 is 49.1. The van der Waals surface area contributed by atoms with Crippen LogP contribution in [0, 0.1) is 13.8 Å². The third kappa shape index (κ3) is 5.15. The summed E-state index contributed by atoms with van der Waals surface area (Å²) in [6.07, 6.45) is -0.625. The molecule has 9 heteroatoms. The van der Waals surface area contributed by atoms with Gasteiger partial charge in [0.15, 0.2) is 0 Å². The van der Waals surface area contributed by atoms with Crippen molar-refractivity contribution in [3.8, 4) is 11.1 Å². The molecule has 1 aromatic heterocycles. The summed E-state index contributed by atoms with van der Waals surface area (Å²) in [5, 5.41) is 2.26. The largest absolute Gasteiger partial charge is 0.418 e. The summed E-state index contributed by atoms with van der Waals surface area (Å²) in [6.45, 7) is 12.1. The molecule has 4 aliphatic heterocycles. The smallest absolute Gasteiger partial charge is 0.314 e. The highest BCUT2D eigenvalue weighted by molar-refractivity contribution is 8.00. The summed E-state index contributed by atoms with van der Waals surface area (Å²) in [5.41, 5.74) is 16.2. The molecule has 0 radical (unpaired) electrons. The summed E-state index contributed by atoms with van der Waals surface area (Å²) in [6, 6.07) is 43.4. The van der Waals surface area contributed by atoms with E-state index in [1.807, 2.05) is 24.8 Å². The van der Waals surface area contributed by atoms with Crippen molar-refractivity contribution >= 4 is 112 Å². The molecular formula is C53H37B2F3N2S2. The van der Waals surface area contributed by atoms with Crippen LogP contribution < -0.4 is 37.1 Å². The number of nitrogens with zero attached hydrogens (tertiary/aromatic N) is 2. The van der Waals surface area contributed by atoms with Gasteiger partial charge in [0, 0.05) is 58.3 Å². The number of allylic oxidation sites excluding steroid dienone is 5. The van der Waals surface area contributed by atoms with Crippen molar-refractivity contribution in [3.63, 3.8) is 0 Å². The molecule has 0 N–H and O–H groups in total. The minimum atomic E-state index is -4.62. The Morgan fingerprint density at radius 2 is 1.34 bits per heavy atom. The van der Waals surface area contributed by atoms with Gasteiger partial charge in [-0.3, -0.25) is 0 Å². The van der Waals surface area contributed by atoms with Crippen molar-refractivity contribution in [1.29, 1.82) is 0 Å². The van der Waals surface area contributed by atoms with Gasteiger partial charge in [0.05, 0.1) is 16.9 Å². The van der Waals surface area contributed by atoms with E-state index < -0.39 is 11.7 Å². The molecule has 0 saturated carbocycles. The normalized spacial score (nSPS) is 14.9. The molecule has 4 aliphatic rings. The monoisotopic (exact) mass is 844 g/mol. The fraction of sp³-hybridized carbons (Fsp3) is 0.0943. The zero-order valence-corrected chi connectivity index (χ0v) is 36.1. The Kier molecular flexibility index (Phi) is 8.14. The van der Waals surface area contributed by atoms with E-state index in [1.54, 1.807) is 35.2 Å².